The van der Waals surface area contributed by atoms with E-state index in [-0.39, 0.29) is 17.4 Å². The summed E-state index contributed by atoms with van der Waals surface area (Å²) >= 11 is 5.65. The summed E-state index contributed by atoms with van der Waals surface area (Å²) in [6, 6.07) is 8.43. The standard InChI is InChI=1S/C12H15ClN2O2S/c1-10(8-14)9-15(2)18(16,17)12-5-3-11(7-13)4-6-12/h3-6,10H,7,9H2,1-2H3. The average molecular weight is 287 g/mol. The molecule has 4 nitrogen and oxygen atoms in total. The summed E-state index contributed by atoms with van der Waals surface area (Å²) in [5.41, 5.74) is 0.865. The van der Waals surface area contributed by atoms with Gasteiger partial charge in [0.15, 0.2) is 0 Å². The van der Waals surface area contributed by atoms with Gasteiger partial charge in [0.2, 0.25) is 10.0 Å². The molecule has 1 aromatic rings. The SMILES string of the molecule is CC(C#N)CN(C)S(=O)(=O)c1ccc(CCl)cc1. The highest BCUT2D eigenvalue weighted by Crippen LogP contribution is 2.17. The Bertz CT molecular complexity index is 534. The highest BCUT2D eigenvalue weighted by Gasteiger charge is 2.22. The van der Waals surface area contributed by atoms with E-state index in [2.05, 4.69) is 0 Å². The Morgan fingerprint density at radius 2 is 1.94 bits per heavy atom. The molecule has 0 N–H and O–H groups in total. The first kappa shape index (κ1) is 15.0. The highest BCUT2D eigenvalue weighted by molar-refractivity contribution is 7.89. The number of benzene rings is 1. The van der Waals surface area contributed by atoms with E-state index in [1.54, 1.807) is 19.1 Å². The maximum atomic E-state index is 12.2. The summed E-state index contributed by atoms with van der Waals surface area (Å²) in [6.07, 6.45) is 0. The Morgan fingerprint density at radius 1 is 1.39 bits per heavy atom. The summed E-state index contributed by atoms with van der Waals surface area (Å²) < 4.78 is 25.5. The fraction of sp³-hybridized carbons (Fsp3) is 0.417. The van der Waals surface area contributed by atoms with Gasteiger partial charge in [0.1, 0.15) is 0 Å². The summed E-state index contributed by atoms with van der Waals surface area (Å²) in [4.78, 5) is 0.212. The van der Waals surface area contributed by atoms with E-state index in [1.807, 2.05) is 6.07 Å². The Morgan fingerprint density at radius 3 is 2.39 bits per heavy atom. The van der Waals surface area contributed by atoms with Gasteiger partial charge in [-0.25, -0.2) is 8.42 Å². The molecule has 0 amide bonds. The highest BCUT2D eigenvalue weighted by atomic mass is 35.5. The lowest BCUT2D eigenvalue weighted by molar-refractivity contribution is 0.439. The van der Waals surface area contributed by atoms with E-state index < -0.39 is 10.0 Å². The number of alkyl halides is 1. The number of halogens is 1. The van der Waals surface area contributed by atoms with Gasteiger partial charge in [-0.15, -0.1) is 11.6 Å². The normalized spacial score (nSPS) is 13.3. The lowest BCUT2D eigenvalue weighted by atomic mass is 10.2. The van der Waals surface area contributed by atoms with Crippen LogP contribution >= 0.6 is 11.6 Å². The zero-order valence-electron chi connectivity index (χ0n) is 10.3. The van der Waals surface area contributed by atoms with Gasteiger partial charge in [-0.2, -0.15) is 9.57 Å². The van der Waals surface area contributed by atoms with Gasteiger partial charge in [0.25, 0.3) is 0 Å². The predicted octanol–water partition coefficient (Wildman–Crippen LogP) is 2.21. The second-order valence-electron chi connectivity index (χ2n) is 4.09. The number of hydrogen-bond donors (Lipinski definition) is 0. The smallest absolute Gasteiger partial charge is 0.207 e. The van der Waals surface area contributed by atoms with E-state index >= 15 is 0 Å². The third-order valence-electron chi connectivity index (χ3n) is 2.54. The molecule has 0 spiro atoms. The van der Waals surface area contributed by atoms with Crippen LogP contribution in [0, 0.1) is 17.2 Å². The van der Waals surface area contributed by atoms with E-state index in [0.29, 0.717) is 5.88 Å². The van der Waals surface area contributed by atoms with Crippen molar-refractivity contribution in [3.63, 3.8) is 0 Å². The van der Waals surface area contributed by atoms with Gasteiger partial charge >= 0.3 is 0 Å². The van der Waals surface area contributed by atoms with Gasteiger partial charge in [-0.05, 0) is 24.6 Å². The molecule has 0 aromatic heterocycles. The minimum atomic E-state index is -3.53. The minimum Gasteiger partial charge on any atom is -0.207 e. The van der Waals surface area contributed by atoms with Crippen molar-refractivity contribution in [2.75, 3.05) is 13.6 Å². The van der Waals surface area contributed by atoms with Crippen molar-refractivity contribution < 1.29 is 8.42 Å². The van der Waals surface area contributed by atoms with Gasteiger partial charge in [-0.1, -0.05) is 12.1 Å². The van der Waals surface area contributed by atoms with Crippen LogP contribution in [0.4, 0.5) is 0 Å². The molecule has 1 unspecified atom stereocenters. The van der Waals surface area contributed by atoms with Crippen LogP contribution in [-0.4, -0.2) is 26.3 Å². The first-order valence-corrected chi connectivity index (χ1v) is 7.40. The molecule has 1 aromatic carbocycles. The van der Waals surface area contributed by atoms with Crippen LogP contribution < -0.4 is 0 Å². The van der Waals surface area contributed by atoms with Gasteiger partial charge < -0.3 is 0 Å². The second kappa shape index (κ2) is 6.19. The number of nitrogens with zero attached hydrogens (tertiary/aromatic N) is 2. The maximum Gasteiger partial charge on any atom is 0.242 e. The van der Waals surface area contributed by atoms with Crippen molar-refractivity contribution in [2.24, 2.45) is 5.92 Å². The molecule has 0 aliphatic heterocycles. The quantitative estimate of drug-likeness (QED) is 0.780. The third-order valence-corrected chi connectivity index (χ3v) is 4.68. The average Bonchev–Trinajstić information content (AvgIpc) is 2.38. The Kier molecular flexibility index (Phi) is 5.15. The molecule has 0 heterocycles. The van der Waals surface area contributed by atoms with Crippen molar-refractivity contribution in [3.05, 3.63) is 29.8 Å². The summed E-state index contributed by atoms with van der Waals surface area (Å²) in [5.74, 6) is 0.00800. The predicted molar refractivity (Wildman–Crippen MR) is 70.6 cm³/mol. The van der Waals surface area contributed by atoms with Crippen LogP contribution in [0.25, 0.3) is 0 Å². The topological polar surface area (TPSA) is 61.2 Å². The first-order valence-electron chi connectivity index (χ1n) is 5.42. The Hall–Kier alpha value is -1.09. The minimum absolute atomic E-state index is 0.177. The second-order valence-corrected chi connectivity index (χ2v) is 6.41. The van der Waals surface area contributed by atoms with Crippen molar-refractivity contribution >= 4 is 21.6 Å². The molecule has 6 heteroatoms. The Labute approximate surface area is 113 Å². The summed E-state index contributed by atoms with van der Waals surface area (Å²) in [5, 5.41) is 8.70. The van der Waals surface area contributed by atoms with E-state index in [4.69, 9.17) is 16.9 Å². The van der Waals surface area contributed by atoms with E-state index in [9.17, 15) is 8.42 Å². The first-order chi connectivity index (χ1) is 8.41. The molecule has 0 radical (unpaired) electrons. The molecule has 1 rings (SSSR count). The molecule has 0 bridgehead atoms. The van der Waals surface area contributed by atoms with Gasteiger partial charge in [0, 0.05) is 19.5 Å². The number of rotatable bonds is 5. The molecule has 0 aliphatic rings. The summed E-state index contributed by atoms with van der Waals surface area (Å²) in [7, 11) is -2.06. The molecular formula is C12H15ClN2O2S. The lowest BCUT2D eigenvalue weighted by Crippen LogP contribution is -2.30. The molecule has 0 saturated heterocycles. The van der Waals surface area contributed by atoms with Crippen LogP contribution in [0.15, 0.2) is 29.2 Å². The van der Waals surface area contributed by atoms with Crippen LogP contribution in [0.3, 0.4) is 0 Å². The molecule has 0 saturated carbocycles. The van der Waals surface area contributed by atoms with Gasteiger partial charge in [-0.3, -0.25) is 0 Å². The zero-order chi connectivity index (χ0) is 13.8. The largest absolute Gasteiger partial charge is 0.242 e. The maximum absolute atomic E-state index is 12.2. The molecular weight excluding hydrogens is 272 g/mol. The van der Waals surface area contributed by atoms with Crippen molar-refractivity contribution in [1.82, 2.24) is 4.31 Å². The van der Waals surface area contributed by atoms with Crippen molar-refractivity contribution in [1.29, 1.82) is 5.26 Å². The van der Waals surface area contributed by atoms with Crippen LogP contribution in [0.5, 0.6) is 0 Å². The molecule has 0 aliphatic carbocycles. The van der Waals surface area contributed by atoms with E-state index in [0.717, 1.165) is 5.56 Å². The fourth-order valence-corrected chi connectivity index (χ4v) is 2.89. The van der Waals surface area contributed by atoms with Crippen molar-refractivity contribution in [2.45, 2.75) is 17.7 Å². The molecule has 98 valence electrons. The van der Waals surface area contributed by atoms with Gasteiger partial charge in [0.05, 0.1) is 16.9 Å². The molecule has 1 atom stereocenters. The number of sulfonamides is 1. The summed E-state index contributed by atoms with van der Waals surface area (Å²) in [6.45, 7) is 1.86. The van der Waals surface area contributed by atoms with Crippen LogP contribution in [0.1, 0.15) is 12.5 Å². The van der Waals surface area contributed by atoms with E-state index in [1.165, 1.54) is 23.5 Å². The fourth-order valence-electron chi connectivity index (χ4n) is 1.46. The molecule has 18 heavy (non-hydrogen) atoms. The number of hydrogen-bond acceptors (Lipinski definition) is 3. The monoisotopic (exact) mass is 286 g/mol. The number of nitriles is 1. The lowest BCUT2D eigenvalue weighted by Gasteiger charge is -2.18. The van der Waals surface area contributed by atoms with Crippen molar-refractivity contribution in [3.8, 4) is 6.07 Å². The van der Waals surface area contributed by atoms with Crippen LogP contribution in [0.2, 0.25) is 0 Å². The molecule has 0 fully saturated rings. The Balaban J connectivity index is 2.95. The zero-order valence-corrected chi connectivity index (χ0v) is 11.9. The van der Waals surface area contributed by atoms with Crippen LogP contribution in [-0.2, 0) is 15.9 Å². The third kappa shape index (κ3) is 3.45.